The van der Waals surface area contributed by atoms with Gasteiger partial charge in [0.25, 0.3) is 0 Å². The standard InChI is InChI=1S/C16H19N7/c1-12-21-14(6-7-17)8-16(22-12)19-9-13-2-4-15(5-3-13)23-11-18-10-20-23/h2-5,8,10-11H,6-7,9,17H2,1H3,(H,19,21,22). The number of nitrogens with zero attached hydrogens (tertiary/aromatic N) is 5. The molecule has 0 aliphatic heterocycles. The SMILES string of the molecule is Cc1nc(CCN)cc(NCc2ccc(-n3cncn3)cc2)n1. The molecule has 3 rings (SSSR count). The van der Waals surface area contributed by atoms with Crippen LogP contribution in [-0.4, -0.2) is 31.3 Å². The Balaban J connectivity index is 1.66. The lowest BCUT2D eigenvalue weighted by Crippen LogP contribution is -2.08. The van der Waals surface area contributed by atoms with Gasteiger partial charge in [0.05, 0.1) is 5.69 Å². The summed E-state index contributed by atoms with van der Waals surface area (Å²) in [7, 11) is 0. The first-order chi connectivity index (χ1) is 11.2. The van der Waals surface area contributed by atoms with E-state index in [0.29, 0.717) is 13.1 Å². The summed E-state index contributed by atoms with van der Waals surface area (Å²) < 4.78 is 1.73. The second-order valence-corrected chi connectivity index (χ2v) is 5.19. The van der Waals surface area contributed by atoms with Gasteiger partial charge in [-0.15, -0.1) is 0 Å². The monoisotopic (exact) mass is 309 g/mol. The van der Waals surface area contributed by atoms with Gasteiger partial charge in [0.1, 0.15) is 24.3 Å². The van der Waals surface area contributed by atoms with Crippen LogP contribution in [-0.2, 0) is 13.0 Å². The van der Waals surface area contributed by atoms with Crippen LogP contribution in [0.1, 0.15) is 17.1 Å². The number of aromatic nitrogens is 5. The van der Waals surface area contributed by atoms with E-state index < -0.39 is 0 Å². The van der Waals surface area contributed by atoms with Crippen LogP contribution < -0.4 is 11.1 Å². The Morgan fingerprint density at radius 1 is 1.17 bits per heavy atom. The van der Waals surface area contributed by atoms with E-state index >= 15 is 0 Å². The van der Waals surface area contributed by atoms with Crippen LogP contribution >= 0.6 is 0 Å². The minimum atomic E-state index is 0.583. The zero-order chi connectivity index (χ0) is 16.1. The summed E-state index contributed by atoms with van der Waals surface area (Å²) in [6.45, 7) is 3.16. The highest BCUT2D eigenvalue weighted by atomic mass is 15.3. The number of nitrogens with one attached hydrogen (secondary N) is 1. The minimum Gasteiger partial charge on any atom is -0.366 e. The topological polar surface area (TPSA) is 94.5 Å². The van der Waals surface area contributed by atoms with Crippen molar-refractivity contribution in [3.8, 4) is 5.69 Å². The molecule has 0 amide bonds. The molecule has 0 atom stereocenters. The first-order valence-electron chi connectivity index (χ1n) is 7.47. The van der Waals surface area contributed by atoms with Crippen LogP contribution in [0.15, 0.2) is 43.0 Å². The molecule has 7 nitrogen and oxygen atoms in total. The summed E-state index contributed by atoms with van der Waals surface area (Å²) in [5.41, 5.74) is 8.69. The second-order valence-electron chi connectivity index (χ2n) is 5.19. The maximum Gasteiger partial charge on any atom is 0.138 e. The van der Waals surface area contributed by atoms with Crippen LogP contribution in [0.5, 0.6) is 0 Å². The fraction of sp³-hybridized carbons (Fsp3) is 0.250. The molecule has 0 aliphatic rings. The fourth-order valence-corrected chi connectivity index (χ4v) is 2.30. The lowest BCUT2D eigenvalue weighted by atomic mass is 10.2. The van der Waals surface area contributed by atoms with Gasteiger partial charge < -0.3 is 11.1 Å². The van der Waals surface area contributed by atoms with Crippen molar-refractivity contribution in [1.29, 1.82) is 0 Å². The van der Waals surface area contributed by atoms with E-state index in [2.05, 4.69) is 37.5 Å². The van der Waals surface area contributed by atoms with Gasteiger partial charge in [-0.1, -0.05) is 12.1 Å². The van der Waals surface area contributed by atoms with Crippen molar-refractivity contribution in [2.24, 2.45) is 5.73 Å². The summed E-state index contributed by atoms with van der Waals surface area (Å²) in [5, 5.41) is 7.44. The average molecular weight is 309 g/mol. The van der Waals surface area contributed by atoms with Crippen molar-refractivity contribution in [2.75, 3.05) is 11.9 Å². The first kappa shape index (κ1) is 15.1. The molecule has 0 bridgehead atoms. The number of rotatable bonds is 6. The maximum atomic E-state index is 5.59. The minimum absolute atomic E-state index is 0.583. The van der Waals surface area contributed by atoms with E-state index in [4.69, 9.17) is 5.73 Å². The highest BCUT2D eigenvalue weighted by molar-refractivity contribution is 5.39. The number of hydrogen-bond donors (Lipinski definition) is 2. The number of nitrogens with two attached hydrogens (primary N) is 1. The molecule has 0 unspecified atom stereocenters. The zero-order valence-electron chi connectivity index (χ0n) is 13.0. The molecular formula is C16H19N7. The maximum absolute atomic E-state index is 5.59. The molecule has 2 aromatic heterocycles. The van der Waals surface area contributed by atoms with Crippen LogP contribution in [0, 0.1) is 6.92 Å². The van der Waals surface area contributed by atoms with Crippen molar-refractivity contribution < 1.29 is 0 Å². The van der Waals surface area contributed by atoms with E-state index in [-0.39, 0.29) is 0 Å². The van der Waals surface area contributed by atoms with Crippen molar-refractivity contribution in [3.05, 3.63) is 60.1 Å². The highest BCUT2D eigenvalue weighted by Crippen LogP contribution is 2.11. The molecule has 0 spiro atoms. The van der Waals surface area contributed by atoms with Gasteiger partial charge in [-0.2, -0.15) is 5.10 Å². The second kappa shape index (κ2) is 6.97. The Morgan fingerprint density at radius 3 is 2.70 bits per heavy atom. The highest BCUT2D eigenvalue weighted by Gasteiger charge is 2.02. The smallest absolute Gasteiger partial charge is 0.138 e. The molecule has 3 aromatic rings. The first-order valence-corrected chi connectivity index (χ1v) is 7.47. The van der Waals surface area contributed by atoms with E-state index in [1.165, 1.54) is 6.33 Å². The average Bonchev–Trinajstić information content (AvgIpc) is 3.08. The quantitative estimate of drug-likeness (QED) is 0.716. The molecule has 23 heavy (non-hydrogen) atoms. The third-order valence-corrected chi connectivity index (χ3v) is 3.38. The summed E-state index contributed by atoms with van der Waals surface area (Å²) in [6.07, 6.45) is 3.95. The number of aryl methyl sites for hydroxylation is 1. The van der Waals surface area contributed by atoms with E-state index in [9.17, 15) is 0 Å². The number of benzene rings is 1. The Bertz CT molecular complexity index is 751. The van der Waals surface area contributed by atoms with Crippen molar-refractivity contribution in [3.63, 3.8) is 0 Å². The van der Waals surface area contributed by atoms with Crippen LogP contribution in [0.4, 0.5) is 5.82 Å². The van der Waals surface area contributed by atoms with E-state index in [1.54, 1.807) is 11.0 Å². The largest absolute Gasteiger partial charge is 0.366 e. The molecule has 118 valence electrons. The molecule has 0 saturated carbocycles. The molecule has 1 aromatic carbocycles. The lowest BCUT2D eigenvalue weighted by molar-refractivity contribution is 0.876. The van der Waals surface area contributed by atoms with Crippen LogP contribution in [0.2, 0.25) is 0 Å². The Morgan fingerprint density at radius 2 is 2.00 bits per heavy atom. The lowest BCUT2D eigenvalue weighted by Gasteiger charge is -2.09. The molecule has 0 fully saturated rings. The predicted octanol–water partition coefficient (Wildman–Crippen LogP) is 1.48. The fourth-order valence-electron chi connectivity index (χ4n) is 2.30. The zero-order valence-corrected chi connectivity index (χ0v) is 13.0. The molecule has 0 aliphatic carbocycles. The summed E-state index contributed by atoms with van der Waals surface area (Å²) >= 11 is 0. The van der Waals surface area contributed by atoms with E-state index in [0.717, 1.165) is 35.0 Å². The van der Waals surface area contributed by atoms with Crippen molar-refractivity contribution >= 4 is 5.82 Å². The normalized spacial score (nSPS) is 10.7. The van der Waals surface area contributed by atoms with Crippen LogP contribution in [0.25, 0.3) is 5.69 Å². The van der Waals surface area contributed by atoms with Gasteiger partial charge in [-0.3, -0.25) is 0 Å². The van der Waals surface area contributed by atoms with Gasteiger partial charge in [-0.25, -0.2) is 19.6 Å². The number of hydrogen-bond acceptors (Lipinski definition) is 6. The molecule has 0 saturated heterocycles. The van der Waals surface area contributed by atoms with Crippen LogP contribution in [0.3, 0.4) is 0 Å². The summed E-state index contributed by atoms with van der Waals surface area (Å²) in [6, 6.07) is 10.1. The van der Waals surface area contributed by atoms with Gasteiger partial charge in [0.15, 0.2) is 0 Å². The van der Waals surface area contributed by atoms with E-state index in [1.807, 2.05) is 25.1 Å². The van der Waals surface area contributed by atoms with Gasteiger partial charge in [0, 0.05) is 24.7 Å². The Labute approximate surface area is 134 Å². The molecule has 2 heterocycles. The Kier molecular flexibility index (Phi) is 4.58. The molecule has 7 heteroatoms. The molecule has 0 radical (unpaired) electrons. The van der Waals surface area contributed by atoms with Gasteiger partial charge >= 0.3 is 0 Å². The van der Waals surface area contributed by atoms with Gasteiger partial charge in [-0.05, 0) is 31.2 Å². The third-order valence-electron chi connectivity index (χ3n) is 3.38. The van der Waals surface area contributed by atoms with Crippen molar-refractivity contribution in [2.45, 2.75) is 19.9 Å². The van der Waals surface area contributed by atoms with Crippen molar-refractivity contribution in [1.82, 2.24) is 24.7 Å². The Hall–Kier alpha value is -2.80. The summed E-state index contributed by atoms with van der Waals surface area (Å²) in [4.78, 5) is 12.7. The molecular weight excluding hydrogens is 290 g/mol. The third kappa shape index (κ3) is 3.89. The molecule has 3 N–H and O–H groups in total. The van der Waals surface area contributed by atoms with Gasteiger partial charge in [0.2, 0.25) is 0 Å². The number of anilines is 1. The summed E-state index contributed by atoms with van der Waals surface area (Å²) in [5.74, 6) is 1.57. The predicted molar refractivity (Wildman–Crippen MR) is 88.2 cm³/mol.